The van der Waals surface area contributed by atoms with E-state index in [0.29, 0.717) is 0 Å². The minimum Gasteiger partial charge on any atom is -0.210 e. The molecule has 0 heterocycles. The van der Waals surface area contributed by atoms with Crippen molar-refractivity contribution >= 4 is 0 Å². The second-order valence-electron chi connectivity index (χ2n) is 2.12. The lowest BCUT2D eigenvalue weighted by atomic mass is 10.2. The van der Waals surface area contributed by atoms with Crippen LogP contribution in [0.2, 0.25) is 0 Å². The average molecular weight is 114 g/mol. The molecule has 2 heteroatoms. The van der Waals surface area contributed by atoms with Gasteiger partial charge in [0.1, 0.15) is 0 Å². The van der Waals surface area contributed by atoms with Crippen LogP contribution in [0.5, 0.6) is 0 Å². The molecule has 0 rings (SSSR count). The molecule has 0 aromatic rings. The summed E-state index contributed by atoms with van der Waals surface area (Å²) in [5, 5.41) is 3.38. The topological polar surface area (TPSA) is 36.2 Å². The molecular formula is C6H14N2. The van der Waals surface area contributed by atoms with Crippen molar-refractivity contribution in [2.24, 2.45) is 5.11 Å². The van der Waals surface area contributed by atoms with Crippen molar-refractivity contribution in [3.8, 4) is 0 Å². The summed E-state index contributed by atoms with van der Waals surface area (Å²) in [7, 11) is 0. The van der Waals surface area contributed by atoms with Crippen molar-refractivity contribution in [2.75, 3.05) is 0 Å². The summed E-state index contributed by atoms with van der Waals surface area (Å²) in [6.07, 6.45) is 3.48. The smallest absolute Gasteiger partial charge is 0.0677 e. The van der Waals surface area contributed by atoms with E-state index in [0.717, 1.165) is 6.42 Å². The minimum absolute atomic E-state index is 0.245. The largest absolute Gasteiger partial charge is 0.210 e. The number of hydrogen-bond acceptors (Lipinski definition) is 2. The summed E-state index contributed by atoms with van der Waals surface area (Å²) in [6, 6.07) is 0.245. The molecule has 0 saturated carbocycles. The van der Waals surface area contributed by atoms with E-state index >= 15 is 0 Å². The monoisotopic (exact) mass is 114 g/mol. The van der Waals surface area contributed by atoms with Crippen LogP contribution < -0.4 is 0 Å². The van der Waals surface area contributed by atoms with Gasteiger partial charge in [0.2, 0.25) is 0 Å². The van der Waals surface area contributed by atoms with Crippen molar-refractivity contribution in [2.45, 2.75) is 39.2 Å². The molecule has 0 aliphatic heterocycles. The average Bonchev–Trinajstić information content (AvgIpc) is 1.83. The molecule has 0 bridgehead atoms. The van der Waals surface area contributed by atoms with Gasteiger partial charge in [0.15, 0.2) is 0 Å². The molecule has 48 valence electrons. The molecule has 1 unspecified atom stereocenters. The third kappa shape index (κ3) is 3.78. The molecule has 8 heavy (non-hydrogen) atoms. The molecule has 1 atom stereocenters. The first-order valence-electron chi connectivity index (χ1n) is 3.17. The summed E-state index contributed by atoms with van der Waals surface area (Å²) in [5.74, 6) is 0. The SMILES string of the molecule is CCCCC(C)N=N. The van der Waals surface area contributed by atoms with Gasteiger partial charge in [0.25, 0.3) is 0 Å². The zero-order valence-electron chi connectivity index (χ0n) is 5.65. The molecule has 0 aromatic carbocycles. The highest BCUT2D eigenvalue weighted by atomic mass is 15.0. The standard InChI is InChI=1S/C6H14N2/c1-3-4-5-6(2)8-7/h6-7H,3-5H2,1-2H3. The molecule has 0 aliphatic rings. The van der Waals surface area contributed by atoms with Gasteiger partial charge in [-0.25, -0.2) is 5.53 Å². The van der Waals surface area contributed by atoms with Crippen molar-refractivity contribution in [3.63, 3.8) is 0 Å². The molecule has 0 aliphatic carbocycles. The Morgan fingerprint density at radius 3 is 2.62 bits per heavy atom. The van der Waals surface area contributed by atoms with Crippen molar-refractivity contribution in [1.82, 2.24) is 0 Å². The summed E-state index contributed by atoms with van der Waals surface area (Å²) in [5.41, 5.74) is 6.61. The number of hydrogen-bond donors (Lipinski definition) is 1. The Morgan fingerprint density at radius 1 is 1.62 bits per heavy atom. The Morgan fingerprint density at radius 2 is 2.25 bits per heavy atom. The molecule has 0 saturated heterocycles. The molecule has 0 aromatic heterocycles. The van der Waals surface area contributed by atoms with Crippen molar-refractivity contribution in [3.05, 3.63) is 0 Å². The first kappa shape index (κ1) is 7.60. The van der Waals surface area contributed by atoms with Gasteiger partial charge in [-0.3, -0.25) is 0 Å². The zero-order valence-corrected chi connectivity index (χ0v) is 5.65. The van der Waals surface area contributed by atoms with E-state index < -0.39 is 0 Å². The fourth-order valence-electron chi connectivity index (χ4n) is 0.564. The van der Waals surface area contributed by atoms with Crippen LogP contribution in [0.3, 0.4) is 0 Å². The minimum atomic E-state index is 0.245. The van der Waals surface area contributed by atoms with Gasteiger partial charge in [-0.05, 0) is 13.3 Å². The van der Waals surface area contributed by atoms with Crippen LogP contribution in [0, 0.1) is 5.53 Å². The van der Waals surface area contributed by atoms with Crippen LogP contribution in [0.25, 0.3) is 0 Å². The highest BCUT2D eigenvalue weighted by Gasteiger charge is 1.94. The van der Waals surface area contributed by atoms with Gasteiger partial charge in [-0.15, -0.1) is 0 Å². The number of nitrogens with zero attached hydrogens (tertiary/aromatic N) is 1. The van der Waals surface area contributed by atoms with Crippen LogP contribution in [-0.4, -0.2) is 6.04 Å². The van der Waals surface area contributed by atoms with E-state index in [4.69, 9.17) is 5.53 Å². The quantitative estimate of drug-likeness (QED) is 0.545. The van der Waals surface area contributed by atoms with E-state index in [1.54, 1.807) is 0 Å². The maximum Gasteiger partial charge on any atom is 0.0677 e. The number of unbranched alkanes of at least 4 members (excludes halogenated alkanes) is 1. The maximum atomic E-state index is 6.61. The fourth-order valence-corrected chi connectivity index (χ4v) is 0.564. The van der Waals surface area contributed by atoms with Crippen LogP contribution >= 0.6 is 0 Å². The van der Waals surface area contributed by atoms with Gasteiger partial charge in [-0.2, -0.15) is 5.11 Å². The van der Waals surface area contributed by atoms with Crippen molar-refractivity contribution < 1.29 is 0 Å². The second kappa shape index (κ2) is 4.75. The van der Waals surface area contributed by atoms with Gasteiger partial charge in [-0.1, -0.05) is 19.8 Å². The zero-order chi connectivity index (χ0) is 6.41. The van der Waals surface area contributed by atoms with Gasteiger partial charge in [0.05, 0.1) is 6.04 Å². The fraction of sp³-hybridized carbons (Fsp3) is 1.00. The molecule has 0 radical (unpaired) electrons. The number of nitrogens with one attached hydrogen (secondary N) is 1. The molecule has 0 amide bonds. The highest BCUT2D eigenvalue weighted by molar-refractivity contribution is 4.53. The molecule has 0 spiro atoms. The van der Waals surface area contributed by atoms with E-state index in [2.05, 4.69) is 12.0 Å². The van der Waals surface area contributed by atoms with E-state index in [1.165, 1.54) is 12.8 Å². The van der Waals surface area contributed by atoms with E-state index in [1.807, 2.05) is 6.92 Å². The van der Waals surface area contributed by atoms with Gasteiger partial charge in [0, 0.05) is 0 Å². The maximum absolute atomic E-state index is 6.61. The Balaban J connectivity index is 2.98. The van der Waals surface area contributed by atoms with Gasteiger partial charge >= 0.3 is 0 Å². The number of rotatable bonds is 4. The Kier molecular flexibility index (Phi) is 4.51. The first-order chi connectivity index (χ1) is 3.81. The molecule has 0 fully saturated rings. The lowest BCUT2D eigenvalue weighted by molar-refractivity contribution is 0.585. The second-order valence-corrected chi connectivity index (χ2v) is 2.12. The van der Waals surface area contributed by atoms with Crippen LogP contribution in [0.4, 0.5) is 0 Å². The Bertz CT molecular complexity index is 61.5. The van der Waals surface area contributed by atoms with Crippen molar-refractivity contribution in [1.29, 1.82) is 5.53 Å². The summed E-state index contributed by atoms with van der Waals surface area (Å²) >= 11 is 0. The third-order valence-corrected chi connectivity index (χ3v) is 1.20. The predicted octanol–water partition coefficient (Wildman–Crippen LogP) is 2.60. The molecule has 2 nitrogen and oxygen atoms in total. The Hall–Kier alpha value is -0.400. The lowest BCUT2D eigenvalue weighted by Gasteiger charge is -1.98. The first-order valence-corrected chi connectivity index (χ1v) is 3.17. The normalized spacial score (nSPS) is 13.2. The highest BCUT2D eigenvalue weighted by Crippen LogP contribution is 2.01. The van der Waals surface area contributed by atoms with Crippen LogP contribution in [0.1, 0.15) is 33.1 Å². The third-order valence-electron chi connectivity index (χ3n) is 1.20. The van der Waals surface area contributed by atoms with E-state index in [9.17, 15) is 0 Å². The Labute approximate surface area is 50.8 Å². The lowest BCUT2D eigenvalue weighted by Crippen LogP contribution is -1.94. The van der Waals surface area contributed by atoms with Crippen LogP contribution in [0.15, 0.2) is 5.11 Å². The van der Waals surface area contributed by atoms with Gasteiger partial charge < -0.3 is 0 Å². The summed E-state index contributed by atoms with van der Waals surface area (Å²) < 4.78 is 0. The molecular weight excluding hydrogens is 100 g/mol. The summed E-state index contributed by atoms with van der Waals surface area (Å²) in [4.78, 5) is 0. The molecule has 1 N–H and O–H groups in total. The summed E-state index contributed by atoms with van der Waals surface area (Å²) in [6.45, 7) is 4.12. The van der Waals surface area contributed by atoms with E-state index in [-0.39, 0.29) is 6.04 Å². The van der Waals surface area contributed by atoms with Crippen LogP contribution in [-0.2, 0) is 0 Å². The predicted molar refractivity (Wildman–Crippen MR) is 34.1 cm³/mol.